The number of para-hydroxylation sites is 1. The second kappa shape index (κ2) is 4.78. The van der Waals surface area contributed by atoms with Gasteiger partial charge in [-0.05, 0) is 18.6 Å². The number of ether oxygens (including phenoxy) is 1. The molecule has 1 N–H and O–H groups in total. The van der Waals surface area contributed by atoms with Crippen molar-refractivity contribution in [3.05, 3.63) is 30.3 Å². The molecule has 0 spiro atoms. The number of hydrogen-bond donors (Lipinski definition) is 1. The number of benzene rings is 1. The molecule has 2 nitrogen and oxygen atoms in total. The predicted octanol–water partition coefficient (Wildman–Crippen LogP) is 2.19. The third-order valence-electron chi connectivity index (χ3n) is 1.61. The van der Waals surface area contributed by atoms with E-state index < -0.39 is 0 Å². The topological polar surface area (TPSA) is 32.8 Å². The molecule has 0 aliphatic carbocycles. The quantitative estimate of drug-likeness (QED) is 0.648. The van der Waals surface area contributed by atoms with Crippen LogP contribution in [0.2, 0.25) is 0 Å². The first-order chi connectivity index (χ1) is 5.83. The maximum absolute atomic E-state index is 8.63. The Bertz CT molecular complexity index is 204. The maximum Gasteiger partial charge on any atom is 0.115 e. The molecule has 66 valence electrons. The van der Waals surface area contributed by atoms with Gasteiger partial charge < -0.3 is 9.84 Å². The molecule has 0 saturated carbocycles. The molecule has 1 atom stereocenters. The summed E-state index contributed by atoms with van der Waals surface area (Å²) < 4.78 is 4.86. The zero-order chi connectivity index (χ0) is 8.81. The van der Waals surface area contributed by atoms with E-state index in [1.807, 2.05) is 6.07 Å². The van der Waals surface area contributed by atoms with Crippen molar-refractivity contribution in [2.24, 2.45) is 0 Å². The van der Waals surface area contributed by atoms with Gasteiger partial charge in [-0.2, -0.15) is 0 Å². The van der Waals surface area contributed by atoms with E-state index in [1.54, 1.807) is 24.3 Å². The van der Waals surface area contributed by atoms with Gasteiger partial charge in [0.1, 0.15) is 5.75 Å². The number of hydrogen-bond acceptors (Lipinski definition) is 2. The normalized spacial score (nSPS) is 19.2. The van der Waals surface area contributed by atoms with Crippen LogP contribution in [0.4, 0.5) is 0 Å². The van der Waals surface area contributed by atoms with Crippen LogP contribution in [0, 0.1) is 0 Å². The Morgan fingerprint density at radius 2 is 2.00 bits per heavy atom. The lowest BCUT2D eigenvalue weighted by Gasteiger charge is -1.82. The Morgan fingerprint density at radius 1 is 1.42 bits per heavy atom. The Morgan fingerprint density at radius 3 is 2.17 bits per heavy atom. The predicted molar refractivity (Wildman–Crippen MR) is 48.1 cm³/mol. The fourth-order valence-electron chi connectivity index (χ4n) is 0.732. The first kappa shape index (κ1) is 9.07. The molecular weight excluding hydrogens is 152 g/mol. The Hall–Kier alpha value is -1.02. The van der Waals surface area contributed by atoms with Gasteiger partial charge in [0, 0.05) is 0 Å². The van der Waals surface area contributed by atoms with Crippen LogP contribution in [-0.2, 0) is 4.74 Å². The number of epoxide rings is 1. The summed E-state index contributed by atoms with van der Waals surface area (Å²) >= 11 is 0. The highest BCUT2D eigenvalue weighted by molar-refractivity contribution is 5.18. The molecule has 2 rings (SSSR count). The SMILES string of the molecule is CCC1CO1.Oc1ccccc1. The molecule has 1 unspecified atom stereocenters. The van der Waals surface area contributed by atoms with Crippen molar-refractivity contribution in [1.29, 1.82) is 0 Å². The van der Waals surface area contributed by atoms with Gasteiger partial charge in [-0.25, -0.2) is 0 Å². The minimum Gasteiger partial charge on any atom is -0.508 e. The second-order valence-corrected chi connectivity index (χ2v) is 2.70. The molecular formula is C10H14O2. The maximum atomic E-state index is 8.63. The van der Waals surface area contributed by atoms with Gasteiger partial charge in [0.15, 0.2) is 0 Å². The van der Waals surface area contributed by atoms with Crippen molar-refractivity contribution in [2.45, 2.75) is 19.4 Å². The van der Waals surface area contributed by atoms with Gasteiger partial charge >= 0.3 is 0 Å². The van der Waals surface area contributed by atoms with E-state index in [0.29, 0.717) is 11.9 Å². The van der Waals surface area contributed by atoms with Crippen LogP contribution in [0.25, 0.3) is 0 Å². The number of rotatable bonds is 1. The Kier molecular flexibility index (Phi) is 3.61. The van der Waals surface area contributed by atoms with Crippen molar-refractivity contribution >= 4 is 0 Å². The van der Waals surface area contributed by atoms with Gasteiger partial charge in [0.25, 0.3) is 0 Å². The molecule has 0 aromatic heterocycles. The van der Waals surface area contributed by atoms with Crippen LogP contribution in [0.15, 0.2) is 30.3 Å². The molecule has 0 bridgehead atoms. The van der Waals surface area contributed by atoms with Gasteiger partial charge in [-0.1, -0.05) is 25.1 Å². The summed E-state index contributed by atoms with van der Waals surface area (Å²) in [5.41, 5.74) is 0. The lowest BCUT2D eigenvalue weighted by molar-refractivity contribution is 0.403. The summed E-state index contributed by atoms with van der Waals surface area (Å²) in [4.78, 5) is 0. The van der Waals surface area contributed by atoms with Crippen LogP contribution in [0.1, 0.15) is 13.3 Å². The van der Waals surface area contributed by atoms with Crippen molar-refractivity contribution < 1.29 is 9.84 Å². The van der Waals surface area contributed by atoms with Gasteiger partial charge in [-0.3, -0.25) is 0 Å². The van der Waals surface area contributed by atoms with Crippen LogP contribution < -0.4 is 0 Å². The van der Waals surface area contributed by atoms with E-state index in [2.05, 4.69) is 6.92 Å². The third-order valence-corrected chi connectivity index (χ3v) is 1.61. The minimum absolute atomic E-state index is 0.322. The average Bonchev–Trinajstić information content (AvgIpc) is 2.89. The van der Waals surface area contributed by atoms with E-state index in [9.17, 15) is 0 Å². The van der Waals surface area contributed by atoms with Crippen molar-refractivity contribution in [2.75, 3.05) is 6.61 Å². The zero-order valence-corrected chi connectivity index (χ0v) is 7.23. The van der Waals surface area contributed by atoms with E-state index in [1.165, 1.54) is 6.42 Å². The van der Waals surface area contributed by atoms with Crippen LogP contribution in [0.3, 0.4) is 0 Å². The molecule has 12 heavy (non-hydrogen) atoms. The largest absolute Gasteiger partial charge is 0.508 e. The van der Waals surface area contributed by atoms with Crippen LogP contribution >= 0.6 is 0 Å². The highest BCUT2D eigenvalue weighted by Crippen LogP contribution is 2.10. The Balaban J connectivity index is 0.000000127. The number of phenols is 1. The minimum atomic E-state index is 0.322. The Labute approximate surface area is 72.8 Å². The summed E-state index contributed by atoms with van der Waals surface area (Å²) in [5, 5.41) is 8.63. The molecule has 0 amide bonds. The summed E-state index contributed by atoms with van der Waals surface area (Å²) in [6.45, 7) is 3.15. The lowest BCUT2D eigenvalue weighted by atomic mass is 10.3. The summed E-state index contributed by atoms with van der Waals surface area (Å²) in [6.07, 6.45) is 1.83. The smallest absolute Gasteiger partial charge is 0.115 e. The third kappa shape index (κ3) is 3.98. The van der Waals surface area contributed by atoms with Gasteiger partial charge in [0.05, 0.1) is 12.7 Å². The lowest BCUT2D eigenvalue weighted by Crippen LogP contribution is -1.73. The van der Waals surface area contributed by atoms with Crippen LogP contribution in [0.5, 0.6) is 5.75 Å². The first-order valence-electron chi connectivity index (χ1n) is 4.18. The van der Waals surface area contributed by atoms with Gasteiger partial charge in [0.2, 0.25) is 0 Å². The highest BCUT2D eigenvalue weighted by Gasteiger charge is 2.18. The monoisotopic (exact) mass is 166 g/mol. The summed E-state index contributed by atoms with van der Waals surface area (Å²) in [5.74, 6) is 0.322. The molecule has 1 saturated heterocycles. The average molecular weight is 166 g/mol. The summed E-state index contributed by atoms with van der Waals surface area (Å²) in [6, 6.07) is 8.71. The van der Waals surface area contributed by atoms with Crippen molar-refractivity contribution in [1.82, 2.24) is 0 Å². The van der Waals surface area contributed by atoms with E-state index in [-0.39, 0.29) is 0 Å². The van der Waals surface area contributed by atoms with Crippen molar-refractivity contribution in [3.63, 3.8) is 0 Å². The first-order valence-corrected chi connectivity index (χ1v) is 4.18. The molecule has 1 aliphatic rings. The highest BCUT2D eigenvalue weighted by atomic mass is 16.6. The van der Waals surface area contributed by atoms with Crippen LogP contribution in [-0.4, -0.2) is 17.8 Å². The zero-order valence-electron chi connectivity index (χ0n) is 7.23. The summed E-state index contributed by atoms with van der Waals surface area (Å²) in [7, 11) is 0. The molecule has 1 aromatic carbocycles. The molecule has 1 heterocycles. The fourth-order valence-corrected chi connectivity index (χ4v) is 0.732. The molecule has 1 aliphatic heterocycles. The second-order valence-electron chi connectivity index (χ2n) is 2.70. The number of phenolic OH excluding ortho intramolecular Hbond substituents is 1. The van der Waals surface area contributed by atoms with E-state index in [0.717, 1.165) is 6.61 Å². The molecule has 2 heteroatoms. The van der Waals surface area contributed by atoms with E-state index >= 15 is 0 Å². The molecule has 0 radical (unpaired) electrons. The molecule has 1 fully saturated rings. The van der Waals surface area contributed by atoms with E-state index in [4.69, 9.17) is 9.84 Å². The number of aromatic hydroxyl groups is 1. The standard InChI is InChI=1S/C6H6O.C4H8O/c7-6-4-2-1-3-5-6;1-2-4-3-5-4/h1-5,7H;4H,2-3H2,1H3. The fraction of sp³-hybridized carbons (Fsp3) is 0.400. The molecule has 1 aromatic rings. The van der Waals surface area contributed by atoms with Crippen molar-refractivity contribution in [3.8, 4) is 5.75 Å². The van der Waals surface area contributed by atoms with Gasteiger partial charge in [-0.15, -0.1) is 0 Å².